The summed E-state index contributed by atoms with van der Waals surface area (Å²) < 4.78 is 10.6. The van der Waals surface area contributed by atoms with Gasteiger partial charge in [0, 0.05) is 13.6 Å². The second kappa shape index (κ2) is 5.05. The summed E-state index contributed by atoms with van der Waals surface area (Å²) in [4.78, 5) is 18.5. The maximum absolute atomic E-state index is 12.1. The van der Waals surface area contributed by atoms with Gasteiger partial charge in [-0.2, -0.15) is 0 Å². The highest BCUT2D eigenvalue weighted by Gasteiger charge is 2.28. The molecular formula is C16H17N3O3. The number of hydrogen-bond acceptors (Lipinski definition) is 5. The lowest BCUT2D eigenvalue weighted by molar-refractivity contribution is -0.115. The van der Waals surface area contributed by atoms with Gasteiger partial charge < -0.3 is 14.4 Å². The van der Waals surface area contributed by atoms with Gasteiger partial charge in [0.15, 0.2) is 11.5 Å². The molecule has 0 radical (unpaired) electrons. The molecule has 0 spiro atoms. The van der Waals surface area contributed by atoms with E-state index in [1.54, 1.807) is 6.08 Å². The second-order valence-corrected chi connectivity index (χ2v) is 5.86. The molecule has 1 aromatic rings. The number of carbonyl (C=O) groups excluding carboxylic acids is 1. The van der Waals surface area contributed by atoms with E-state index in [4.69, 9.17) is 9.47 Å². The zero-order valence-corrected chi connectivity index (χ0v) is 12.3. The van der Waals surface area contributed by atoms with Gasteiger partial charge in [-0.3, -0.25) is 10.1 Å². The van der Waals surface area contributed by atoms with Crippen LogP contribution in [-0.4, -0.2) is 37.2 Å². The number of hydrogen-bond donors (Lipinski definition) is 1. The molecule has 0 bridgehead atoms. The number of guanidine groups is 1. The summed E-state index contributed by atoms with van der Waals surface area (Å²) in [7, 11) is 1.96. The van der Waals surface area contributed by atoms with Gasteiger partial charge in [-0.1, -0.05) is 6.07 Å². The molecule has 4 rings (SSSR count). The maximum atomic E-state index is 12.1. The molecule has 0 aromatic heterocycles. The predicted octanol–water partition coefficient (Wildman–Crippen LogP) is 1.58. The van der Waals surface area contributed by atoms with Crippen LogP contribution in [0.5, 0.6) is 11.5 Å². The number of aliphatic imine (C=N–C) groups is 1. The number of nitrogens with zero attached hydrogens (tertiary/aromatic N) is 2. The van der Waals surface area contributed by atoms with Gasteiger partial charge in [-0.25, -0.2) is 4.99 Å². The van der Waals surface area contributed by atoms with Crippen LogP contribution in [0.3, 0.4) is 0 Å². The first kappa shape index (κ1) is 13.2. The van der Waals surface area contributed by atoms with E-state index in [0.29, 0.717) is 17.4 Å². The minimum atomic E-state index is -0.171. The van der Waals surface area contributed by atoms with Crippen molar-refractivity contribution in [2.24, 2.45) is 10.9 Å². The number of nitrogens with one attached hydrogen (secondary N) is 1. The van der Waals surface area contributed by atoms with E-state index in [0.717, 1.165) is 23.8 Å². The summed E-state index contributed by atoms with van der Waals surface area (Å²) in [6.45, 7) is 1.18. The van der Waals surface area contributed by atoms with Crippen LogP contribution >= 0.6 is 0 Å². The molecule has 2 aliphatic heterocycles. The molecule has 1 saturated carbocycles. The van der Waals surface area contributed by atoms with Crippen molar-refractivity contribution in [3.05, 3.63) is 29.5 Å². The molecule has 6 nitrogen and oxygen atoms in total. The fraction of sp³-hybridized carbons (Fsp3) is 0.375. The van der Waals surface area contributed by atoms with Gasteiger partial charge in [0.2, 0.25) is 12.8 Å². The van der Waals surface area contributed by atoms with Gasteiger partial charge >= 0.3 is 0 Å². The number of benzene rings is 1. The quantitative estimate of drug-likeness (QED) is 0.861. The zero-order valence-electron chi connectivity index (χ0n) is 12.3. The lowest BCUT2D eigenvalue weighted by Gasteiger charge is -2.17. The Morgan fingerprint density at radius 3 is 3.00 bits per heavy atom. The van der Waals surface area contributed by atoms with Gasteiger partial charge in [0.25, 0.3) is 5.91 Å². The van der Waals surface area contributed by atoms with Crippen LogP contribution in [0.1, 0.15) is 18.4 Å². The van der Waals surface area contributed by atoms with Crippen molar-refractivity contribution in [1.82, 2.24) is 10.2 Å². The van der Waals surface area contributed by atoms with E-state index in [2.05, 4.69) is 10.3 Å². The molecule has 0 saturated heterocycles. The average Bonchev–Trinajstić information content (AvgIpc) is 3.06. The lowest BCUT2D eigenvalue weighted by atomic mass is 10.1. The standard InChI is InChI=1S/C16H17N3O3/c1-19(8-10-2-3-10)16-17-12(15(20)18-16)6-11-4-5-13-14(7-11)22-9-21-13/h4-7,10H,2-3,8-9H2,1H3,(H,17,18,20). The normalized spacial score (nSPS) is 21.0. The first-order valence-corrected chi connectivity index (χ1v) is 7.41. The highest BCUT2D eigenvalue weighted by Crippen LogP contribution is 2.33. The predicted molar refractivity (Wildman–Crippen MR) is 81.5 cm³/mol. The maximum Gasteiger partial charge on any atom is 0.276 e. The molecular weight excluding hydrogens is 282 g/mol. The molecule has 0 unspecified atom stereocenters. The molecule has 1 amide bonds. The first-order valence-electron chi connectivity index (χ1n) is 7.41. The highest BCUT2D eigenvalue weighted by atomic mass is 16.7. The van der Waals surface area contributed by atoms with Crippen LogP contribution in [0, 0.1) is 5.92 Å². The topological polar surface area (TPSA) is 63.2 Å². The molecule has 1 aromatic carbocycles. The third-order valence-electron chi connectivity index (χ3n) is 3.97. The monoisotopic (exact) mass is 299 g/mol. The summed E-state index contributed by atoms with van der Waals surface area (Å²) in [6, 6.07) is 5.57. The zero-order chi connectivity index (χ0) is 15.1. The highest BCUT2D eigenvalue weighted by molar-refractivity contribution is 6.13. The van der Waals surface area contributed by atoms with Crippen molar-refractivity contribution in [1.29, 1.82) is 0 Å². The van der Waals surface area contributed by atoms with Gasteiger partial charge in [-0.15, -0.1) is 0 Å². The minimum absolute atomic E-state index is 0.171. The van der Waals surface area contributed by atoms with Crippen molar-refractivity contribution >= 4 is 17.9 Å². The van der Waals surface area contributed by atoms with E-state index < -0.39 is 0 Å². The Kier molecular flexibility index (Phi) is 3.03. The van der Waals surface area contributed by atoms with Crippen molar-refractivity contribution in [2.45, 2.75) is 12.8 Å². The largest absolute Gasteiger partial charge is 0.454 e. The molecule has 2 heterocycles. The van der Waals surface area contributed by atoms with Crippen molar-refractivity contribution in [3.8, 4) is 11.5 Å². The SMILES string of the molecule is CN(CC1CC1)C1=NC(=Cc2ccc3c(c2)OCO3)C(=O)N1. The van der Waals surface area contributed by atoms with Crippen molar-refractivity contribution in [2.75, 3.05) is 20.4 Å². The molecule has 3 aliphatic rings. The summed E-state index contributed by atoms with van der Waals surface area (Å²) in [6.07, 6.45) is 4.30. The first-order chi connectivity index (χ1) is 10.7. The third-order valence-corrected chi connectivity index (χ3v) is 3.97. The molecule has 22 heavy (non-hydrogen) atoms. The summed E-state index contributed by atoms with van der Waals surface area (Å²) in [5.41, 5.74) is 1.28. The van der Waals surface area contributed by atoms with Crippen LogP contribution in [0.2, 0.25) is 0 Å². The number of rotatable bonds is 3. The number of ether oxygens (including phenoxy) is 2. The molecule has 1 N–H and O–H groups in total. The van der Waals surface area contributed by atoms with Gasteiger partial charge in [0.1, 0.15) is 5.70 Å². The Labute approximate surface area is 128 Å². The van der Waals surface area contributed by atoms with E-state index in [1.165, 1.54) is 12.8 Å². The fourth-order valence-electron chi connectivity index (χ4n) is 2.57. The average molecular weight is 299 g/mol. The smallest absolute Gasteiger partial charge is 0.276 e. The van der Waals surface area contributed by atoms with Crippen LogP contribution in [-0.2, 0) is 4.79 Å². The Balaban J connectivity index is 1.55. The van der Waals surface area contributed by atoms with E-state index in [1.807, 2.05) is 30.1 Å². The molecule has 1 aliphatic carbocycles. The van der Waals surface area contributed by atoms with Crippen LogP contribution in [0.4, 0.5) is 0 Å². The number of carbonyl (C=O) groups is 1. The Bertz CT molecular complexity index is 692. The molecule has 114 valence electrons. The molecule has 6 heteroatoms. The summed E-state index contributed by atoms with van der Waals surface area (Å²) >= 11 is 0. The number of fused-ring (bicyclic) bond motifs is 1. The summed E-state index contributed by atoms with van der Waals surface area (Å²) in [5.74, 6) is 2.62. The fourth-order valence-corrected chi connectivity index (χ4v) is 2.57. The van der Waals surface area contributed by atoms with Crippen LogP contribution < -0.4 is 14.8 Å². The van der Waals surface area contributed by atoms with E-state index in [9.17, 15) is 4.79 Å². The number of amides is 1. The molecule has 0 atom stereocenters. The van der Waals surface area contributed by atoms with Crippen molar-refractivity contribution < 1.29 is 14.3 Å². The summed E-state index contributed by atoms with van der Waals surface area (Å²) in [5, 5.41) is 2.82. The van der Waals surface area contributed by atoms with Crippen LogP contribution in [0.25, 0.3) is 6.08 Å². The second-order valence-electron chi connectivity index (χ2n) is 5.86. The van der Waals surface area contributed by atoms with Crippen molar-refractivity contribution in [3.63, 3.8) is 0 Å². The van der Waals surface area contributed by atoms with E-state index in [-0.39, 0.29) is 12.7 Å². The minimum Gasteiger partial charge on any atom is -0.454 e. The molecule has 1 fully saturated rings. The Morgan fingerprint density at radius 1 is 1.36 bits per heavy atom. The van der Waals surface area contributed by atoms with Gasteiger partial charge in [0.05, 0.1) is 0 Å². The van der Waals surface area contributed by atoms with Crippen LogP contribution in [0.15, 0.2) is 28.9 Å². The Hall–Kier alpha value is -2.50. The lowest BCUT2D eigenvalue weighted by Crippen LogP contribution is -2.38. The van der Waals surface area contributed by atoms with Gasteiger partial charge in [-0.05, 0) is 42.5 Å². The van der Waals surface area contributed by atoms with E-state index >= 15 is 0 Å². The Morgan fingerprint density at radius 2 is 2.18 bits per heavy atom. The third kappa shape index (κ3) is 2.52.